The van der Waals surface area contributed by atoms with E-state index in [0.717, 1.165) is 62.3 Å². The van der Waals surface area contributed by atoms with Crippen LogP contribution in [0.4, 0.5) is 0 Å². The molecule has 7 aromatic rings. The van der Waals surface area contributed by atoms with E-state index in [2.05, 4.69) is 165 Å². The molecule has 270 valence electrons. The van der Waals surface area contributed by atoms with Crippen LogP contribution >= 0.6 is 0 Å². The normalized spacial score (nSPS) is 20.9. The van der Waals surface area contributed by atoms with Crippen LogP contribution in [-0.4, -0.2) is 26.7 Å². The number of para-hydroxylation sites is 1. The molecular formula is C52H42N4. The minimum atomic E-state index is -0.322. The molecule has 0 saturated carbocycles. The van der Waals surface area contributed by atoms with Crippen molar-refractivity contribution in [2.75, 3.05) is 0 Å². The first-order valence-corrected chi connectivity index (χ1v) is 19.5. The number of pyridine rings is 3. The predicted molar refractivity (Wildman–Crippen MR) is 232 cm³/mol. The van der Waals surface area contributed by atoms with Crippen molar-refractivity contribution in [3.63, 3.8) is 0 Å². The smallest absolute Gasteiger partial charge is 0.0819 e. The average Bonchev–Trinajstić information content (AvgIpc) is 3.25. The number of rotatable bonds is 5. The highest BCUT2D eigenvalue weighted by atomic mass is 14.9. The lowest BCUT2D eigenvalue weighted by molar-refractivity contribution is 0.510. The fourth-order valence-electron chi connectivity index (χ4n) is 9.47. The van der Waals surface area contributed by atoms with Gasteiger partial charge in [-0.3, -0.25) is 19.9 Å². The maximum Gasteiger partial charge on any atom is 0.0819 e. The number of benzene rings is 4. The van der Waals surface area contributed by atoms with Crippen LogP contribution in [0.2, 0.25) is 0 Å². The number of hydrogen-bond acceptors (Lipinski definition) is 4. The van der Waals surface area contributed by atoms with Gasteiger partial charge in [-0.25, -0.2) is 0 Å². The molecule has 3 atom stereocenters. The van der Waals surface area contributed by atoms with E-state index in [0.29, 0.717) is 0 Å². The molecule has 0 bridgehead atoms. The van der Waals surface area contributed by atoms with Crippen molar-refractivity contribution in [2.45, 2.75) is 51.0 Å². The average molecular weight is 723 g/mol. The van der Waals surface area contributed by atoms with E-state index in [-0.39, 0.29) is 16.9 Å². The second kappa shape index (κ2) is 13.1. The number of fused-ring (bicyclic) bond motifs is 6. The molecule has 3 aliphatic rings. The van der Waals surface area contributed by atoms with Crippen LogP contribution in [0, 0.1) is 13.8 Å². The van der Waals surface area contributed by atoms with Crippen molar-refractivity contribution < 1.29 is 0 Å². The summed E-state index contributed by atoms with van der Waals surface area (Å²) in [5.41, 5.74) is 15.5. The number of aryl methyl sites for hydroxylation is 2. The summed E-state index contributed by atoms with van der Waals surface area (Å²) < 4.78 is 0. The van der Waals surface area contributed by atoms with Crippen LogP contribution in [0.15, 0.2) is 169 Å². The lowest BCUT2D eigenvalue weighted by atomic mass is 9.65. The highest BCUT2D eigenvalue weighted by Crippen LogP contribution is 2.50. The van der Waals surface area contributed by atoms with Gasteiger partial charge in [-0.1, -0.05) is 104 Å². The van der Waals surface area contributed by atoms with E-state index in [1.165, 1.54) is 38.4 Å². The molecule has 0 amide bonds. The second-order valence-corrected chi connectivity index (χ2v) is 15.9. The van der Waals surface area contributed by atoms with E-state index < -0.39 is 0 Å². The first kappa shape index (κ1) is 34.0. The molecule has 0 spiro atoms. The Morgan fingerprint density at radius 3 is 1.96 bits per heavy atom. The van der Waals surface area contributed by atoms with Gasteiger partial charge in [0.2, 0.25) is 0 Å². The SMILES string of the molecule is Cc1c2c(c(C)c3c1c(C1(C)C=CC=CC1)nc1ccccc13)C(c1cccc(-c3cc(-c4cccnc4)cc(-c4cccnc4)c3)c1)=NC1C=CC=CC21C. The number of aromatic nitrogens is 3. The van der Waals surface area contributed by atoms with Crippen LogP contribution in [0.5, 0.6) is 0 Å². The summed E-state index contributed by atoms with van der Waals surface area (Å²) >= 11 is 0. The number of allylic oxidation sites excluding steroid dienone is 6. The van der Waals surface area contributed by atoms with Gasteiger partial charge in [0.15, 0.2) is 0 Å². The molecule has 10 rings (SSSR count). The fourth-order valence-corrected chi connectivity index (χ4v) is 9.47. The Kier molecular flexibility index (Phi) is 7.93. The first-order valence-electron chi connectivity index (χ1n) is 19.5. The quantitative estimate of drug-likeness (QED) is 0.166. The number of hydrogen-bond donors (Lipinski definition) is 0. The Labute approximate surface area is 328 Å². The van der Waals surface area contributed by atoms with E-state index in [1.54, 1.807) is 0 Å². The molecule has 4 nitrogen and oxygen atoms in total. The van der Waals surface area contributed by atoms with Crippen molar-refractivity contribution in [3.05, 3.63) is 198 Å². The van der Waals surface area contributed by atoms with E-state index in [9.17, 15) is 0 Å². The van der Waals surface area contributed by atoms with Crippen LogP contribution in [0.1, 0.15) is 53.8 Å². The molecule has 3 aromatic heterocycles. The number of nitrogens with zero attached hydrogens (tertiary/aromatic N) is 4. The number of aliphatic imine (C=N–C) groups is 1. The van der Waals surface area contributed by atoms with Gasteiger partial charge in [-0.05, 0) is 114 Å². The first-order chi connectivity index (χ1) is 27.3. The molecule has 0 fully saturated rings. The molecule has 0 saturated heterocycles. The largest absolute Gasteiger partial charge is 0.275 e. The van der Waals surface area contributed by atoms with E-state index in [4.69, 9.17) is 9.98 Å². The standard InChI is InChI=1S/C52H42N4/c1-33-45-42-19-6-7-20-43(42)55-50(51(3)22-9-5-10-23-51)46(45)34(2)48-47(33)49(56-44-21-8-11-24-52(44,48)4)36-16-12-15-35(27-36)39-28-40(37-17-13-25-53-31-37)30-41(29-39)38-18-14-26-54-32-38/h5-22,24-32,44H,23H2,1-4H3. The predicted octanol–water partition coefficient (Wildman–Crippen LogP) is 12.2. The molecule has 56 heavy (non-hydrogen) atoms. The highest BCUT2D eigenvalue weighted by Gasteiger charge is 2.43. The third kappa shape index (κ3) is 5.35. The van der Waals surface area contributed by atoms with Crippen molar-refractivity contribution in [1.82, 2.24) is 15.0 Å². The molecule has 4 heterocycles. The van der Waals surface area contributed by atoms with Gasteiger partial charge in [0.1, 0.15) is 0 Å². The highest BCUT2D eigenvalue weighted by molar-refractivity contribution is 6.21. The molecule has 0 N–H and O–H groups in total. The second-order valence-electron chi connectivity index (χ2n) is 15.9. The molecule has 4 heteroatoms. The van der Waals surface area contributed by atoms with Crippen LogP contribution < -0.4 is 0 Å². The zero-order chi connectivity index (χ0) is 38.0. The van der Waals surface area contributed by atoms with Gasteiger partial charge >= 0.3 is 0 Å². The molecule has 1 aliphatic heterocycles. The Balaban J connectivity index is 1.23. The Hall–Kier alpha value is -6.52. The minimum Gasteiger partial charge on any atom is -0.275 e. The molecular weight excluding hydrogens is 681 g/mol. The molecule has 0 radical (unpaired) electrons. The summed E-state index contributed by atoms with van der Waals surface area (Å²) in [7, 11) is 0. The van der Waals surface area contributed by atoms with Gasteiger partial charge in [0.05, 0.1) is 23.0 Å². The maximum atomic E-state index is 5.69. The Morgan fingerprint density at radius 1 is 0.607 bits per heavy atom. The minimum absolute atomic E-state index is 0.0507. The summed E-state index contributed by atoms with van der Waals surface area (Å²) in [6.07, 6.45) is 26.4. The van der Waals surface area contributed by atoms with Crippen molar-refractivity contribution in [3.8, 4) is 33.4 Å². The monoisotopic (exact) mass is 722 g/mol. The van der Waals surface area contributed by atoms with E-state index in [1.807, 2.05) is 36.9 Å². The third-order valence-electron chi connectivity index (χ3n) is 12.3. The zero-order valence-electron chi connectivity index (χ0n) is 32.2. The van der Waals surface area contributed by atoms with Gasteiger partial charge in [0, 0.05) is 68.6 Å². The third-order valence-corrected chi connectivity index (χ3v) is 12.3. The topological polar surface area (TPSA) is 51.0 Å². The van der Waals surface area contributed by atoms with Gasteiger partial charge in [0.25, 0.3) is 0 Å². The maximum absolute atomic E-state index is 5.69. The van der Waals surface area contributed by atoms with Gasteiger partial charge in [-0.2, -0.15) is 0 Å². The molecule has 3 unspecified atom stereocenters. The lowest BCUT2D eigenvalue weighted by Gasteiger charge is -2.42. The van der Waals surface area contributed by atoms with Crippen molar-refractivity contribution in [2.24, 2.45) is 4.99 Å². The van der Waals surface area contributed by atoms with Gasteiger partial charge in [-0.15, -0.1) is 0 Å². The van der Waals surface area contributed by atoms with Crippen LogP contribution in [0.3, 0.4) is 0 Å². The van der Waals surface area contributed by atoms with Gasteiger partial charge < -0.3 is 0 Å². The van der Waals surface area contributed by atoms with Crippen molar-refractivity contribution >= 4 is 27.4 Å². The van der Waals surface area contributed by atoms with E-state index >= 15 is 0 Å². The Bertz CT molecular complexity index is 2820. The molecule has 4 aromatic carbocycles. The molecule has 2 aliphatic carbocycles. The Morgan fingerprint density at radius 2 is 1.27 bits per heavy atom. The van der Waals surface area contributed by atoms with Crippen LogP contribution in [0.25, 0.3) is 55.1 Å². The summed E-state index contributed by atoms with van der Waals surface area (Å²) in [6.45, 7) is 9.37. The summed E-state index contributed by atoms with van der Waals surface area (Å²) in [5, 5.41) is 3.73. The zero-order valence-corrected chi connectivity index (χ0v) is 32.2. The summed E-state index contributed by atoms with van der Waals surface area (Å²) in [5.74, 6) is 0. The van der Waals surface area contributed by atoms with Crippen molar-refractivity contribution in [1.29, 1.82) is 0 Å². The summed E-state index contributed by atoms with van der Waals surface area (Å²) in [4.78, 5) is 20.1. The summed E-state index contributed by atoms with van der Waals surface area (Å²) in [6, 6.07) is 32.6. The fraction of sp³-hybridized carbons (Fsp3) is 0.154. The van der Waals surface area contributed by atoms with Crippen LogP contribution in [-0.2, 0) is 10.8 Å². The lowest BCUT2D eigenvalue weighted by Crippen LogP contribution is -2.41.